The van der Waals surface area contributed by atoms with Crippen LogP contribution in [0.2, 0.25) is 0 Å². The Morgan fingerprint density at radius 3 is 2.13 bits per heavy atom. The monoisotopic (exact) mass is 199 g/mol. The SMILES string of the molecule is O=C([O-])c1cc[n+](-c2ccccc2)cc1. The quantitative estimate of drug-likeness (QED) is 0.654. The molecule has 0 amide bonds. The number of hydrogen-bond donors (Lipinski definition) is 0. The second-order valence-electron chi connectivity index (χ2n) is 3.12. The van der Waals surface area contributed by atoms with Crippen LogP contribution in [-0.2, 0) is 0 Å². The maximum Gasteiger partial charge on any atom is 0.210 e. The lowest BCUT2D eigenvalue weighted by atomic mass is 10.2. The summed E-state index contributed by atoms with van der Waals surface area (Å²) >= 11 is 0. The molecule has 0 aliphatic heterocycles. The zero-order valence-electron chi connectivity index (χ0n) is 7.96. The molecular weight excluding hydrogens is 190 g/mol. The molecule has 74 valence electrons. The van der Waals surface area contributed by atoms with Gasteiger partial charge < -0.3 is 9.90 Å². The number of carboxylic acid groups (broad SMARTS) is 1. The van der Waals surface area contributed by atoms with Crippen LogP contribution in [0.1, 0.15) is 10.4 Å². The van der Waals surface area contributed by atoms with Gasteiger partial charge in [0.25, 0.3) is 0 Å². The number of aromatic nitrogens is 1. The second kappa shape index (κ2) is 3.92. The van der Waals surface area contributed by atoms with E-state index in [4.69, 9.17) is 0 Å². The van der Waals surface area contributed by atoms with E-state index in [-0.39, 0.29) is 5.56 Å². The minimum Gasteiger partial charge on any atom is -0.545 e. The molecule has 0 spiro atoms. The highest BCUT2D eigenvalue weighted by Crippen LogP contribution is 1.99. The molecule has 2 rings (SSSR count). The van der Waals surface area contributed by atoms with Crippen LogP contribution >= 0.6 is 0 Å². The Labute approximate surface area is 87.2 Å². The normalized spacial score (nSPS) is 9.87. The third-order valence-electron chi connectivity index (χ3n) is 2.12. The number of nitrogens with zero attached hydrogens (tertiary/aromatic N) is 1. The molecule has 0 bridgehead atoms. The van der Waals surface area contributed by atoms with Crippen molar-refractivity contribution in [2.24, 2.45) is 0 Å². The van der Waals surface area contributed by atoms with Crippen molar-refractivity contribution in [3.05, 3.63) is 60.4 Å². The van der Waals surface area contributed by atoms with Crippen LogP contribution in [0.25, 0.3) is 5.69 Å². The molecular formula is C12H9NO2. The van der Waals surface area contributed by atoms with Crippen LogP contribution in [0.5, 0.6) is 0 Å². The lowest BCUT2D eigenvalue weighted by Crippen LogP contribution is -2.31. The lowest BCUT2D eigenvalue weighted by Gasteiger charge is -2.00. The first-order chi connectivity index (χ1) is 7.27. The third kappa shape index (κ3) is 2.02. The van der Waals surface area contributed by atoms with Crippen molar-refractivity contribution in [2.75, 3.05) is 0 Å². The second-order valence-corrected chi connectivity index (χ2v) is 3.12. The van der Waals surface area contributed by atoms with Gasteiger partial charge in [-0.25, -0.2) is 0 Å². The van der Waals surface area contributed by atoms with Crippen molar-refractivity contribution in [1.82, 2.24) is 0 Å². The van der Waals surface area contributed by atoms with E-state index in [1.165, 1.54) is 12.1 Å². The standard InChI is InChI=1S/C12H9NO2/c14-12(15)10-6-8-13(9-7-10)11-4-2-1-3-5-11/h1-9H. The molecule has 3 nitrogen and oxygen atoms in total. The molecule has 0 radical (unpaired) electrons. The summed E-state index contributed by atoms with van der Waals surface area (Å²) in [4.78, 5) is 10.5. The van der Waals surface area contributed by atoms with E-state index < -0.39 is 5.97 Å². The number of benzene rings is 1. The fraction of sp³-hybridized carbons (Fsp3) is 0. The van der Waals surface area contributed by atoms with Crippen molar-refractivity contribution in [1.29, 1.82) is 0 Å². The summed E-state index contributed by atoms with van der Waals surface area (Å²) < 4.78 is 1.84. The molecule has 15 heavy (non-hydrogen) atoms. The first-order valence-electron chi connectivity index (χ1n) is 4.55. The summed E-state index contributed by atoms with van der Waals surface area (Å²) in [6.07, 6.45) is 3.39. The molecule has 1 heterocycles. The van der Waals surface area contributed by atoms with E-state index >= 15 is 0 Å². The molecule has 0 unspecified atom stereocenters. The number of para-hydroxylation sites is 1. The Bertz CT molecular complexity index is 463. The number of hydrogen-bond acceptors (Lipinski definition) is 2. The Hall–Kier alpha value is -2.16. The maximum atomic E-state index is 10.5. The molecule has 0 atom stereocenters. The van der Waals surface area contributed by atoms with Gasteiger partial charge in [-0.2, -0.15) is 4.57 Å². The topological polar surface area (TPSA) is 44.0 Å². The van der Waals surface area contributed by atoms with E-state index in [9.17, 15) is 9.90 Å². The van der Waals surface area contributed by atoms with Crippen molar-refractivity contribution in [3.8, 4) is 5.69 Å². The minimum atomic E-state index is -1.16. The van der Waals surface area contributed by atoms with Crippen LogP contribution in [0.15, 0.2) is 54.9 Å². The predicted molar refractivity (Wildman–Crippen MR) is 52.3 cm³/mol. The molecule has 0 aliphatic carbocycles. The van der Waals surface area contributed by atoms with Gasteiger partial charge in [-0.1, -0.05) is 18.2 Å². The van der Waals surface area contributed by atoms with Crippen LogP contribution < -0.4 is 9.67 Å². The van der Waals surface area contributed by atoms with Crippen LogP contribution in [-0.4, -0.2) is 5.97 Å². The summed E-state index contributed by atoms with van der Waals surface area (Å²) in [6, 6.07) is 12.7. The van der Waals surface area contributed by atoms with Gasteiger partial charge in [0.05, 0.1) is 5.97 Å². The number of carbonyl (C=O) groups excluding carboxylic acids is 1. The largest absolute Gasteiger partial charge is 0.545 e. The Kier molecular flexibility index (Phi) is 2.46. The number of aromatic carboxylic acids is 1. The first kappa shape index (κ1) is 9.40. The zero-order valence-corrected chi connectivity index (χ0v) is 7.96. The molecule has 3 heteroatoms. The smallest absolute Gasteiger partial charge is 0.210 e. The number of rotatable bonds is 2. The summed E-state index contributed by atoms with van der Waals surface area (Å²) in [7, 11) is 0. The van der Waals surface area contributed by atoms with Crippen LogP contribution in [0.4, 0.5) is 0 Å². The summed E-state index contributed by atoms with van der Waals surface area (Å²) in [5.41, 5.74) is 1.17. The molecule has 0 fully saturated rings. The van der Waals surface area contributed by atoms with Crippen LogP contribution in [0.3, 0.4) is 0 Å². The highest BCUT2D eigenvalue weighted by Gasteiger charge is 2.03. The van der Waals surface area contributed by atoms with Gasteiger partial charge in [0.1, 0.15) is 0 Å². The van der Waals surface area contributed by atoms with E-state index in [1.807, 2.05) is 34.9 Å². The van der Waals surface area contributed by atoms with Gasteiger partial charge in [-0.05, 0) is 0 Å². The highest BCUT2D eigenvalue weighted by molar-refractivity contribution is 5.85. The van der Waals surface area contributed by atoms with Crippen LogP contribution in [0, 0.1) is 0 Å². The fourth-order valence-electron chi connectivity index (χ4n) is 1.33. The first-order valence-corrected chi connectivity index (χ1v) is 4.55. The van der Waals surface area contributed by atoms with Crippen molar-refractivity contribution < 1.29 is 14.5 Å². The molecule has 0 aliphatic rings. The molecule has 1 aromatic heterocycles. The van der Waals surface area contributed by atoms with Gasteiger partial charge in [0.15, 0.2) is 12.4 Å². The van der Waals surface area contributed by atoms with Crippen molar-refractivity contribution in [3.63, 3.8) is 0 Å². The molecule has 0 N–H and O–H groups in total. The zero-order chi connectivity index (χ0) is 10.7. The Balaban J connectivity index is 2.36. The maximum absolute atomic E-state index is 10.5. The predicted octanol–water partition coefficient (Wildman–Crippen LogP) is 0.327. The molecule has 0 saturated heterocycles. The highest BCUT2D eigenvalue weighted by atomic mass is 16.4. The van der Waals surface area contributed by atoms with Crippen molar-refractivity contribution >= 4 is 5.97 Å². The lowest BCUT2D eigenvalue weighted by molar-refractivity contribution is -0.595. The summed E-state index contributed by atoms with van der Waals surface area (Å²) in [5.74, 6) is -1.16. The Morgan fingerprint density at radius 1 is 1.00 bits per heavy atom. The fourth-order valence-corrected chi connectivity index (χ4v) is 1.33. The third-order valence-corrected chi connectivity index (χ3v) is 2.12. The van der Waals surface area contributed by atoms with E-state index in [2.05, 4.69) is 0 Å². The summed E-state index contributed by atoms with van der Waals surface area (Å²) in [5, 5.41) is 10.5. The number of pyridine rings is 1. The van der Waals surface area contributed by atoms with Gasteiger partial charge in [-0.15, -0.1) is 0 Å². The van der Waals surface area contributed by atoms with Crippen molar-refractivity contribution in [2.45, 2.75) is 0 Å². The van der Waals surface area contributed by atoms with Gasteiger partial charge in [0.2, 0.25) is 5.69 Å². The minimum absolute atomic E-state index is 0.183. The average molecular weight is 199 g/mol. The molecule has 1 aromatic carbocycles. The van der Waals surface area contributed by atoms with E-state index in [0.29, 0.717) is 0 Å². The van der Waals surface area contributed by atoms with E-state index in [0.717, 1.165) is 5.69 Å². The van der Waals surface area contributed by atoms with E-state index in [1.54, 1.807) is 12.4 Å². The van der Waals surface area contributed by atoms with Gasteiger partial charge in [0, 0.05) is 29.8 Å². The summed E-state index contributed by atoms with van der Waals surface area (Å²) in [6.45, 7) is 0. The molecule has 0 saturated carbocycles. The average Bonchev–Trinajstić information content (AvgIpc) is 2.30. The van der Waals surface area contributed by atoms with Gasteiger partial charge >= 0.3 is 0 Å². The number of carbonyl (C=O) groups is 1. The Morgan fingerprint density at radius 2 is 1.60 bits per heavy atom. The molecule has 2 aromatic rings. The van der Waals surface area contributed by atoms with Gasteiger partial charge in [-0.3, -0.25) is 0 Å². The number of carboxylic acids is 1.